The normalized spacial score (nSPS) is 17.6. The quantitative estimate of drug-likeness (QED) is 0.759. The average molecular weight is 375 g/mol. The molecule has 1 aromatic carbocycles. The zero-order valence-electron chi connectivity index (χ0n) is 12.5. The second-order valence-electron chi connectivity index (χ2n) is 4.82. The molecule has 0 bridgehead atoms. The molecular formula is C13H12F3N5O3S. The molecule has 0 amide bonds. The van der Waals surface area contributed by atoms with Gasteiger partial charge in [0.25, 0.3) is 0 Å². The van der Waals surface area contributed by atoms with Crippen molar-refractivity contribution in [2.45, 2.75) is 17.6 Å². The van der Waals surface area contributed by atoms with E-state index in [1.807, 2.05) is 0 Å². The molecule has 0 saturated carbocycles. The molecule has 1 aliphatic rings. The van der Waals surface area contributed by atoms with Gasteiger partial charge in [0.2, 0.25) is 5.84 Å². The van der Waals surface area contributed by atoms with Gasteiger partial charge in [-0.2, -0.15) is 13.2 Å². The number of aliphatic hydroxyl groups is 1. The number of halogens is 3. The molecule has 1 unspecified atom stereocenters. The Kier molecular flexibility index (Phi) is 4.83. The molecule has 12 heteroatoms. The van der Waals surface area contributed by atoms with Crippen molar-refractivity contribution in [3.63, 3.8) is 0 Å². The summed E-state index contributed by atoms with van der Waals surface area (Å²) in [5.74, 6) is 0.495. The van der Waals surface area contributed by atoms with Gasteiger partial charge >= 0.3 is 12.6 Å². The van der Waals surface area contributed by atoms with Crippen LogP contribution in [0.3, 0.4) is 0 Å². The van der Waals surface area contributed by atoms with Gasteiger partial charge in [-0.25, -0.2) is 4.63 Å². The number of amidine groups is 1. The smallest absolute Gasteiger partial charge is 0.340 e. The molecule has 8 nitrogen and oxygen atoms in total. The topological polar surface area (TPSA) is 110 Å². The first kappa shape index (κ1) is 17.5. The van der Waals surface area contributed by atoms with Crippen LogP contribution in [0.2, 0.25) is 0 Å². The van der Waals surface area contributed by atoms with E-state index in [9.17, 15) is 18.3 Å². The van der Waals surface area contributed by atoms with E-state index in [-0.39, 0.29) is 17.2 Å². The first-order chi connectivity index (χ1) is 11.9. The molecule has 0 spiro atoms. The van der Waals surface area contributed by atoms with Crippen LogP contribution in [0.15, 0.2) is 39.1 Å². The fraction of sp³-hybridized carbons (Fsp3) is 0.308. The molecule has 0 fully saturated rings. The number of nitrogens with zero attached hydrogens (tertiary/aromatic N) is 4. The van der Waals surface area contributed by atoms with Crippen LogP contribution in [-0.4, -0.2) is 40.0 Å². The Balaban J connectivity index is 1.96. The maximum absolute atomic E-state index is 12.9. The van der Waals surface area contributed by atoms with E-state index in [2.05, 4.69) is 20.1 Å². The van der Waals surface area contributed by atoms with E-state index in [0.29, 0.717) is 17.3 Å². The summed E-state index contributed by atoms with van der Waals surface area (Å²) in [5.41, 5.74) is 4.72. The molecular weight excluding hydrogens is 363 g/mol. The number of aromatic nitrogens is 2. The minimum atomic E-state index is -4.53. The van der Waals surface area contributed by atoms with Crippen molar-refractivity contribution < 1.29 is 27.7 Å². The lowest BCUT2D eigenvalue weighted by Crippen LogP contribution is -2.37. The number of aliphatic hydroxyl groups excluding tert-OH is 1. The van der Waals surface area contributed by atoms with Crippen LogP contribution in [-0.2, 0) is 11.0 Å². The molecule has 134 valence electrons. The highest BCUT2D eigenvalue weighted by Crippen LogP contribution is 2.34. The minimum Gasteiger partial charge on any atom is -0.340 e. The van der Waals surface area contributed by atoms with Crippen LogP contribution in [0.25, 0.3) is 0 Å². The highest BCUT2D eigenvalue weighted by molar-refractivity contribution is 7.99. The summed E-state index contributed by atoms with van der Waals surface area (Å²) >= 11 is 1.23. The Morgan fingerprint density at radius 1 is 1.32 bits per heavy atom. The zero-order chi connectivity index (χ0) is 18.0. The Hall–Kier alpha value is -2.31. The number of benzene rings is 1. The number of nitrogens with two attached hydrogens (primary N) is 1. The Morgan fingerprint density at radius 2 is 2.12 bits per heavy atom. The summed E-state index contributed by atoms with van der Waals surface area (Å²) < 4.78 is 43.5. The summed E-state index contributed by atoms with van der Waals surface area (Å²) in [4.78, 5) is 5.84. The number of hydrogen-bond donors (Lipinski definition) is 2. The second-order valence-corrected chi connectivity index (χ2v) is 5.90. The summed E-state index contributed by atoms with van der Waals surface area (Å²) in [6.07, 6.45) is -6.14. The van der Waals surface area contributed by atoms with Crippen molar-refractivity contribution in [2.24, 2.45) is 10.9 Å². The highest BCUT2D eigenvalue weighted by atomic mass is 32.2. The Bertz CT molecular complexity index is 782. The molecule has 2 aromatic rings. The Morgan fingerprint density at radius 3 is 2.84 bits per heavy atom. The zero-order valence-corrected chi connectivity index (χ0v) is 13.3. The van der Waals surface area contributed by atoms with E-state index in [1.165, 1.54) is 23.9 Å². The minimum absolute atomic E-state index is 0.0207. The van der Waals surface area contributed by atoms with Gasteiger partial charge in [-0.1, -0.05) is 23.0 Å². The van der Waals surface area contributed by atoms with E-state index in [0.717, 1.165) is 17.0 Å². The number of anilines is 1. The molecule has 2 heterocycles. The van der Waals surface area contributed by atoms with Crippen LogP contribution < -0.4 is 10.6 Å². The number of rotatable bonds is 5. The third-order valence-corrected chi connectivity index (χ3v) is 4.14. The number of oxime groups is 1. The third kappa shape index (κ3) is 3.55. The van der Waals surface area contributed by atoms with Gasteiger partial charge in [-0.3, -0.25) is 4.90 Å². The van der Waals surface area contributed by atoms with Crippen LogP contribution >= 0.6 is 11.8 Å². The van der Waals surface area contributed by atoms with E-state index in [4.69, 9.17) is 10.6 Å². The molecule has 1 aromatic heterocycles. The standard InChI is InChI=1S/C13H12F3N5O3S/c14-13(15,16)7-2-1-3-8(6-7)21-10(19-23-12(21)22)9-11(20-24-18-9)25-5-4-17/h1-3,6,12,22H,4-5,17H2. The fourth-order valence-electron chi connectivity index (χ4n) is 2.10. The maximum atomic E-state index is 12.9. The second kappa shape index (κ2) is 6.90. The number of hydrogen-bond acceptors (Lipinski definition) is 9. The SMILES string of the molecule is NCCSc1nonc1C1=NOC(O)N1c1cccc(C(F)(F)F)c1. The van der Waals surface area contributed by atoms with Crippen molar-refractivity contribution in [1.29, 1.82) is 0 Å². The monoisotopic (exact) mass is 375 g/mol. The van der Waals surface area contributed by atoms with E-state index < -0.39 is 18.2 Å². The largest absolute Gasteiger partial charge is 0.416 e. The fourth-order valence-corrected chi connectivity index (χ4v) is 2.76. The van der Waals surface area contributed by atoms with Crippen LogP contribution in [0, 0.1) is 0 Å². The van der Waals surface area contributed by atoms with Gasteiger partial charge in [0.15, 0.2) is 10.7 Å². The summed E-state index contributed by atoms with van der Waals surface area (Å²) in [6.45, 7) is 0.375. The molecule has 3 N–H and O–H groups in total. The highest BCUT2D eigenvalue weighted by Gasteiger charge is 2.37. The molecule has 3 rings (SSSR count). The molecule has 1 atom stereocenters. The number of thioether (sulfide) groups is 1. The molecule has 0 radical (unpaired) electrons. The summed E-state index contributed by atoms with van der Waals surface area (Å²) in [7, 11) is 0. The molecule has 1 aliphatic heterocycles. The van der Waals surface area contributed by atoms with Crippen molar-refractivity contribution >= 4 is 23.3 Å². The van der Waals surface area contributed by atoms with Crippen molar-refractivity contribution in [3.05, 3.63) is 35.5 Å². The van der Waals surface area contributed by atoms with Crippen molar-refractivity contribution in [1.82, 2.24) is 10.3 Å². The summed E-state index contributed by atoms with van der Waals surface area (Å²) in [6, 6.07) is 4.38. The lowest BCUT2D eigenvalue weighted by atomic mass is 10.1. The molecule has 0 saturated heterocycles. The Labute approximate surface area is 143 Å². The molecule has 25 heavy (non-hydrogen) atoms. The van der Waals surface area contributed by atoms with Gasteiger partial charge in [0.1, 0.15) is 0 Å². The maximum Gasteiger partial charge on any atom is 0.416 e. The van der Waals surface area contributed by atoms with Crippen LogP contribution in [0.4, 0.5) is 18.9 Å². The van der Waals surface area contributed by atoms with Gasteiger partial charge in [-0.05, 0) is 28.5 Å². The number of alkyl halides is 3. The predicted molar refractivity (Wildman–Crippen MR) is 81.6 cm³/mol. The van der Waals surface area contributed by atoms with E-state index in [1.54, 1.807) is 0 Å². The predicted octanol–water partition coefficient (Wildman–Crippen LogP) is 1.61. The lowest BCUT2D eigenvalue weighted by molar-refractivity contribution is -0.137. The van der Waals surface area contributed by atoms with Crippen LogP contribution in [0.5, 0.6) is 0 Å². The molecule has 0 aliphatic carbocycles. The lowest BCUT2D eigenvalue weighted by Gasteiger charge is -2.21. The first-order valence-corrected chi connectivity index (χ1v) is 7.94. The van der Waals surface area contributed by atoms with E-state index >= 15 is 0 Å². The van der Waals surface area contributed by atoms with Crippen LogP contribution in [0.1, 0.15) is 11.3 Å². The van der Waals surface area contributed by atoms with Gasteiger partial charge in [0.05, 0.1) is 5.56 Å². The first-order valence-electron chi connectivity index (χ1n) is 6.96. The summed E-state index contributed by atoms with van der Waals surface area (Å²) in [5, 5.41) is 21.4. The third-order valence-electron chi connectivity index (χ3n) is 3.16. The van der Waals surface area contributed by atoms with Gasteiger partial charge < -0.3 is 15.7 Å². The van der Waals surface area contributed by atoms with Crippen molar-refractivity contribution in [2.75, 3.05) is 17.2 Å². The van der Waals surface area contributed by atoms with Gasteiger partial charge in [0, 0.05) is 18.0 Å². The van der Waals surface area contributed by atoms with Gasteiger partial charge in [-0.15, -0.1) is 0 Å². The van der Waals surface area contributed by atoms with Crippen molar-refractivity contribution in [3.8, 4) is 0 Å². The average Bonchev–Trinajstić information content (AvgIpc) is 3.18.